The molecule has 12 fully saturated rings. The van der Waals surface area contributed by atoms with Gasteiger partial charge in [0, 0.05) is 0 Å². The van der Waals surface area contributed by atoms with Crippen LogP contribution in [0.15, 0.2) is 0 Å². The smallest absolute Gasteiger partial charge is 0.0323 e. The van der Waals surface area contributed by atoms with Gasteiger partial charge in [0.1, 0.15) is 0 Å². The van der Waals surface area contributed by atoms with E-state index in [4.69, 9.17) is 0 Å². The molecule has 0 aromatic heterocycles. The summed E-state index contributed by atoms with van der Waals surface area (Å²) in [6.07, 6.45) is 69.2. The lowest BCUT2D eigenvalue weighted by atomic mass is 9.44. The van der Waals surface area contributed by atoms with Crippen molar-refractivity contribution in [2.24, 2.45) is 130 Å². The molecule has 368 valence electrons. The Morgan fingerprint density at radius 1 is 0.169 bits per heavy atom. The first-order valence-corrected chi connectivity index (χ1v) is 32.2. The van der Waals surface area contributed by atoms with E-state index in [1.165, 1.54) is 0 Å². The summed E-state index contributed by atoms with van der Waals surface area (Å²) >= 11 is 0. The van der Waals surface area contributed by atoms with Gasteiger partial charge in [0.2, 0.25) is 0 Å². The van der Waals surface area contributed by atoms with E-state index in [9.17, 15) is 0 Å². The Hall–Kier alpha value is 0. The lowest BCUT2D eigenvalue weighted by molar-refractivity contribution is -0.124. The van der Waals surface area contributed by atoms with E-state index < -0.39 is 0 Å². The summed E-state index contributed by atoms with van der Waals surface area (Å²) in [7, 11) is 0. The second-order valence-corrected chi connectivity index (χ2v) is 28.7. The van der Waals surface area contributed by atoms with Crippen LogP contribution in [0.5, 0.6) is 0 Å². The molecule has 12 aliphatic carbocycles. The van der Waals surface area contributed by atoms with Crippen LogP contribution in [0, 0.1) is 130 Å². The molecule has 0 aliphatic heterocycles. The Morgan fingerprint density at radius 2 is 0.415 bits per heavy atom. The molecule has 12 aliphatic rings. The molecular formula is C65H108. The lowest BCUT2D eigenvalue weighted by Crippen LogP contribution is -2.54. The van der Waals surface area contributed by atoms with Crippen LogP contribution < -0.4 is 0 Å². The van der Waals surface area contributed by atoms with Crippen LogP contribution >= 0.6 is 0 Å². The molecule has 0 aromatic rings. The molecule has 14 atom stereocenters. The molecule has 0 aromatic carbocycles. The van der Waals surface area contributed by atoms with Crippen molar-refractivity contribution < 1.29 is 0 Å². The Labute approximate surface area is 404 Å². The van der Waals surface area contributed by atoms with Crippen LogP contribution in [-0.4, -0.2) is 0 Å². The zero-order valence-corrected chi connectivity index (χ0v) is 43.1. The van der Waals surface area contributed by atoms with Gasteiger partial charge in [0.25, 0.3) is 0 Å². The molecular weight excluding hydrogens is 781 g/mol. The second-order valence-electron chi connectivity index (χ2n) is 28.7. The van der Waals surface area contributed by atoms with Crippen LogP contribution in [-0.2, 0) is 0 Å². The summed E-state index contributed by atoms with van der Waals surface area (Å²) in [6.45, 7) is 0. The van der Waals surface area contributed by atoms with Crippen molar-refractivity contribution in [1.82, 2.24) is 0 Å². The molecule has 0 heterocycles. The molecule has 0 amide bonds. The largest absolute Gasteiger partial charge is 0.0533 e. The van der Waals surface area contributed by atoms with Crippen molar-refractivity contribution in [2.75, 3.05) is 0 Å². The molecule has 0 saturated heterocycles. The van der Waals surface area contributed by atoms with Crippen molar-refractivity contribution in [3.05, 3.63) is 0 Å². The molecule has 12 rings (SSSR count). The minimum absolute atomic E-state index is 1.08. The maximum atomic E-state index is 1.70. The zero-order valence-electron chi connectivity index (χ0n) is 43.1. The number of hydrogen-bond acceptors (Lipinski definition) is 0. The highest BCUT2D eigenvalue weighted by molar-refractivity contribution is 5.07. The van der Waals surface area contributed by atoms with Gasteiger partial charge >= 0.3 is 0 Å². The van der Waals surface area contributed by atoms with Crippen LogP contribution in [0.3, 0.4) is 0 Å². The molecule has 0 heteroatoms. The molecule has 14 unspecified atom stereocenters. The summed E-state index contributed by atoms with van der Waals surface area (Å²) < 4.78 is 0. The molecule has 0 bridgehead atoms. The van der Waals surface area contributed by atoms with Gasteiger partial charge in [-0.05, 0) is 227 Å². The SMILES string of the molecule is C1CCC(C2C3CCCCC3C(C3CCCCC3)C3CC(C4CCC(CC5CCC(C6CCC7C(C6)C(C6CCCCC6)C6CCCCC6C7C6CCCCC6)CC5)CC4)CCC32)CC1. The third-order valence-electron chi connectivity index (χ3n) is 26.3. The summed E-state index contributed by atoms with van der Waals surface area (Å²) in [4.78, 5) is 0. The first kappa shape index (κ1) is 46.1. The monoisotopic (exact) mass is 889 g/mol. The maximum Gasteiger partial charge on any atom is -0.0323 e. The van der Waals surface area contributed by atoms with Crippen LogP contribution in [0.4, 0.5) is 0 Å². The van der Waals surface area contributed by atoms with Crippen molar-refractivity contribution in [1.29, 1.82) is 0 Å². The Bertz CT molecular complexity index is 1330. The number of fused-ring (bicyclic) bond motifs is 4. The van der Waals surface area contributed by atoms with Gasteiger partial charge in [-0.1, -0.05) is 180 Å². The standard InChI is InChI=1S/C65H108/c1-5-17-48(18-6-1)62-54-25-13-15-27-56(54)64(50-21-9-3-10-22-50)60-42-52(37-39-58(60)62)46-33-29-44(30-34-46)41-45-31-35-47(36-32-45)53-38-40-59-61(43-53)65(51-23-11-4-12-24-51)57-28-16-14-26-55(57)63(59)49-19-7-2-8-20-49/h44-65H,1-43H2. The normalized spacial score (nSPS) is 48.9. The van der Waals surface area contributed by atoms with Gasteiger partial charge in [-0.2, -0.15) is 0 Å². The average Bonchev–Trinajstić information content (AvgIpc) is 3.38. The lowest BCUT2D eigenvalue weighted by Gasteiger charge is -2.61. The molecule has 0 nitrogen and oxygen atoms in total. The van der Waals surface area contributed by atoms with Crippen molar-refractivity contribution in [3.63, 3.8) is 0 Å². The van der Waals surface area contributed by atoms with Gasteiger partial charge in [-0.15, -0.1) is 0 Å². The predicted octanol–water partition coefficient (Wildman–Crippen LogP) is 19.5. The van der Waals surface area contributed by atoms with Crippen molar-refractivity contribution >= 4 is 0 Å². The van der Waals surface area contributed by atoms with Gasteiger partial charge < -0.3 is 0 Å². The van der Waals surface area contributed by atoms with Crippen LogP contribution in [0.25, 0.3) is 0 Å². The first-order chi connectivity index (χ1) is 32.2. The molecule has 65 heavy (non-hydrogen) atoms. The minimum Gasteiger partial charge on any atom is -0.0533 e. The summed E-state index contributed by atoms with van der Waals surface area (Å²) in [5.41, 5.74) is 0. The van der Waals surface area contributed by atoms with E-state index in [0.29, 0.717) is 0 Å². The van der Waals surface area contributed by atoms with E-state index in [-0.39, 0.29) is 0 Å². The number of rotatable bonds is 8. The Morgan fingerprint density at radius 3 is 0.723 bits per heavy atom. The third kappa shape index (κ3) is 9.61. The van der Waals surface area contributed by atoms with E-state index >= 15 is 0 Å². The van der Waals surface area contributed by atoms with Crippen molar-refractivity contribution in [2.45, 2.75) is 276 Å². The zero-order chi connectivity index (χ0) is 43.1. The number of hydrogen-bond donors (Lipinski definition) is 0. The maximum absolute atomic E-state index is 1.70. The molecule has 0 N–H and O–H groups in total. The topological polar surface area (TPSA) is 0 Å². The quantitative estimate of drug-likeness (QED) is 0.228. The highest BCUT2D eigenvalue weighted by Crippen LogP contribution is 2.66. The van der Waals surface area contributed by atoms with Gasteiger partial charge in [0.15, 0.2) is 0 Å². The summed E-state index contributed by atoms with van der Waals surface area (Å²) in [5, 5.41) is 0. The Balaban J connectivity index is 0.660. The van der Waals surface area contributed by atoms with Crippen LogP contribution in [0.2, 0.25) is 0 Å². The van der Waals surface area contributed by atoms with E-state index in [0.717, 1.165) is 130 Å². The fourth-order valence-corrected chi connectivity index (χ4v) is 23.9. The molecule has 0 radical (unpaired) electrons. The highest BCUT2D eigenvalue weighted by Gasteiger charge is 2.58. The highest BCUT2D eigenvalue weighted by atomic mass is 14.6. The van der Waals surface area contributed by atoms with Crippen LogP contribution in [0.1, 0.15) is 276 Å². The second kappa shape index (κ2) is 21.4. The summed E-state index contributed by atoms with van der Waals surface area (Å²) in [6, 6.07) is 0. The van der Waals surface area contributed by atoms with E-state index in [2.05, 4.69) is 0 Å². The third-order valence-corrected chi connectivity index (χ3v) is 26.3. The van der Waals surface area contributed by atoms with Crippen molar-refractivity contribution in [3.8, 4) is 0 Å². The minimum atomic E-state index is 1.08. The fraction of sp³-hybridized carbons (Fsp3) is 1.00. The van der Waals surface area contributed by atoms with E-state index in [1.807, 2.05) is 0 Å². The first-order valence-electron chi connectivity index (χ1n) is 32.2. The molecule has 12 saturated carbocycles. The van der Waals surface area contributed by atoms with E-state index in [1.54, 1.807) is 276 Å². The Kier molecular flexibility index (Phi) is 15.2. The molecule has 0 spiro atoms. The fourth-order valence-electron chi connectivity index (χ4n) is 23.9. The van der Waals surface area contributed by atoms with Gasteiger partial charge in [0.05, 0.1) is 0 Å². The average molecular weight is 890 g/mol. The van der Waals surface area contributed by atoms with Gasteiger partial charge in [-0.25, -0.2) is 0 Å². The predicted molar refractivity (Wildman–Crippen MR) is 275 cm³/mol. The van der Waals surface area contributed by atoms with Gasteiger partial charge in [-0.3, -0.25) is 0 Å². The summed E-state index contributed by atoms with van der Waals surface area (Å²) in [5.74, 6) is 24.6.